The van der Waals surface area contributed by atoms with Crippen molar-refractivity contribution in [3.05, 3.63) is 23.8 Å². The number of fused-ring (bicyclic) bond motifs is 1. The van der Waals surface area contributed by atoms with E-state index in [1.54, 1.807) is 11.1 Å². The number of hydrogen-bond acceptors (Lipinski definition) is 0. The van der Waals surface area contributed by atoms with Gasteiger partial charge >= 0.3 is 0 Å². The monoisotopic (exact) mass is 288 g/mol. The summed E-state index contributed by atoms with van der Waals surface area (Å²) in [6, 6.07) is 0. The molecule has 3 unspecified atom stereocenters. The molecule has 2 aliphatic rings. The minimum atomic E-state index is 0.504. The van der Waals surface area contributed by atoms with Crippen LogP contribution < -0.4 is 0 Å². The van der Waals surface area contributed by atoms with Crippen molar-refractivity contribution < 1.29 is 0 Å². The Morgan fingerprint density at radius 3 is 2.67 bits per heavy atom. The maximum Gasteiger partial charge on any atom is -0.0146 e. The maximum atomic E-state index is 4.48. The molecule has 0 spiro atoms. The molecule has 0 aromatic heterocycles. The smallest absolute Gasteiger partial charge is 0.0146 e. The third-order valence-electron chi connectivity index (χ3n) is 6.70. The van der Waals surface area contributed by atoms with Crippen molar-refractivity contribution in [3.8, 4) is 0 Å². The van der Waals surface area contributed by atoms with E-state index in [0.717, 1.165) is 11.8 Å². The SMILES string of the molecule is C=C1CCC2C(C)(C)CCCC2(C)C1CC/C(C)=C/CC. The summed E-state index contributed by atoms with van der Waals surface area (Å²) in [5.74, 6) is 1.64. The van der Waals surface area contributed by atoms with Crippen LogP contribution in [0.25, 0.3) is 0 Å². The van der Waals surface area contributed by atoms with Crippen LogP contribution in [0.15, 0.2) is 23.8 Å². The highest BCUT2D eigenvalue weighted by molar-refractivity contribution is 5.16. The van der Waals surface area contributed by atoms with Crippen molar-refractivity contribution in [1.29, 1.82) is 0 Å². The van der Waals surface area contributed by atoms with Crippen LogP contribution in [-0.4, -0.2) is 0 Å². The molecule has 0 N–H and O–H groups in total. The van der Waals surface area contributed by atoms with Gasteiger partial charge in [-0.05, 0) is 74.5 Å². The van der Waals surface area contributed by atoms with Gasteiger partial charge in [-0.15, -0.1) is 0 Å². The molecule has 21 heavy (non-hydrogen) atoms. The van der Waals surface area contributed by atoms with Crippen LogP contribution in [-0.2, 0) is 0 Å². The second-order valence-electron chi connectivity index (χ2n) is 8.65. The van der Waals surface area contributed by atoms with Gasteiger partial charge in [0.2, 0.25) is 0 Å². The predicted octanol–water partition coefficient (Wildman–Crippen LogP) is 6.92. The zero-order valence-electron chi connectivity index (χ0n) is 15.1. The summed E-state index contributed by atoms with van der Waals surface area (Å²) < 4.78 is 0. The van der Waals surface area contributed by atoms with E-state index in [2.05, 4.69) is 47.3 Å². The molecule has 2 fully saturated rings. The summed E-state index contributed by atoms with van der Waals surface area (Å²) in [6.45, 7) is 16.7. The normalized spacial score (nSPS) is 36.4. The molecule has 0 nitrogen and oxygen atoms in total. The van der Waals surface area contributed by atoms with E-state index in [9.17, 15) is 0 Å². The highest BCUT2D eigenvalue weighted by Crippen LogP contribution is 2.61. The van der Waals surface area contributed by atoms with Gasteiger partial charge in [0.15, 0.2) is 0 Å². The largest absolute Gasteiger partial charge is 0.0996 e. The zero-order valence-corrected chi connectivity index (χ0v) is 15.1. The molecule has 0 aliphatic heterocycles. The Hall–Kier alpha value is -0.520. The lowest BCUT2D eigenvalue weighted by Crippen LogP contribution is -2.49. The van der Waals surface area contributed by atoms with Gasteiger partial charge in [-0.1, -0.05) is 57.9 Å². The molecule has 2 rings (SSSR count). The first-order chi connectivity index (χ1) is 9.81. The van der Waals surface area contributed by atoms with Crippen LogP contribution in [0.1, 0.15) is 86.0 Å². The average molecular weight is 289 g/mol. The Labute approximate surface area is 133 Å². The van der Waals surface area contributed by atoms with Gasteiger partial charge in [-0.2, -0.15) is 0 Å². The number of hydrogen-bond donors (Lipinski definition) is 0. The van der Waals surface area contributed by atoms with E-state index in [1.165, 1.54) is 51.4 Å². The van der Waals surface area contributed by atoms with E-state index in [-0.39, 0.29) is 0 Å². The van der Waals surface area contributed by atoms with Crippen molar-refractivity contribution >= 4 is 0 Å². The minimum Gasteiger partial charge on any atom is -0.0996 e. The lowest BCUT2D eigenvalue weighted by Gasteiger charge is -2.58. The van der Waals surface area contributed by atoms with Crippen molar-refractivity contribution in [1.82, 2.24) is 0 Å². The van der Waals surface area contributed by atoms with Crippen LogP contribution in [0.2, 0.25) is 0 Å². The predicted molar refractivity (Wildman–Crippen MR) is 94.4 cm³/mol. The molecule has 2 aliphatic carbocycles. The standard InChI is InChI=1S/C21H36/c1-7-9-16(2)10-12-18-17(3)11-13-19-20(4,5)14-8-15-21(18,19)6/h9,18-19H,3,7-8,10-15H2,1-2,4-6H3/b16-9+. The summed E-state index contributed by atoms with van der Waals surface area (Å²) >= 11 is 0. The Morgan fingerprint density at radius 2 is 2.00 bits per heavy atom. The van der Waals surface area contributed by atoms with Crippen LogP contribution >= 0.6 is 0 Å². The van der Waals surface area contributed by atoms with Crippen molar-refractivity contribution in [2.75, 3.05) is 0 Å². The molecule has 0 amide bonds. The average Bonchev–Trinajstić information content (AvgIpc) is 2.37. The molecule has 2 saturated carbocycles. The highest BCUT2D eigenvalue weighted by Gasteiger charge is 2.52. The first-order valence-corrected chi connectivity index (χ1v) is 9.14. The second-order valence-corrected chi connectivity index (χ2v) is 8.65. The quantitative estimate of drug-likeness (QED) is 0.492. The summed E-state index contributed by atoms with van der Waals surface area (Å²) in [5, 5.41) is 0. The summed E-state index contributed by atoms with van der Waals surface area (Å²) in [6.07, 6.45) is 13.1. The van der Waals surface area contributed by atoms with Crippen LogP contribution in [0.4, 0.5) is 0 Å². The number of allylic oxidation sites excluding steroid dienone is 3. The van der Waals surface area contributed by atoms with Gasteiger partial charge in [0.05, 0.1) is 0 Å². The Bertz CT molecular complexity index is 412. The molecule has 0 aromatic carbocycles. The van der Waals surface area contributed by atoms with Gasteiger partial charge < -0.3 is 0 Å². The van der Waals surface area contributed by atoms with Crippen molar-refractivity contribution in [2.45, 2.75) is 86.0 Å². The van der Waals surface area contributed by atoms with Gasteiger partial charge in [-0.3, -0.25) is 0 Å². The first kappa shape index (κ1) is 16.8. The maximum absolute atomic E-state index is 4.48. The van der Waals surface area contributed by atoms with Crippen molar-refractivity contribution in [3.63, 3.8) is 0 Å². The molecule has 0 heteroatoms. The molecule has 0 radical (unpaired) electrons. The van der Waals surface area contributed by atoms with Crippen LogP contribution in [0.3, 0.4) is 0 Å². The molecular formula is C21H36. The van der Waals surface area contributed by atoms with E-state index in [4.69, 9.17) is 0 Å². The zero-order chi connectivity index (χ0) is 15.7. The molecular weight excluding hydrogens is 252 g/mol. The van der Waals surface area contributed by atoms with Gasteiger partial charge in [0.1, 0.15) is 0 Å². The van der Waals surface area contributed by atoms with E-state index < -0.39 is 0 Å². The van der Waals surface area contributed by atoms with Gasteiger partial charge in [0, 0.05) is 0 Å². The molecule has 0 heterocycles. The Kier molecular flexibility index (Phi) is 5.06. The Morgan fingerprint density at radius 1 is 1.29 bits per heavy atom. The highest BCUT2D eigenvalue weighted by atomic mass is 14.6. The topological polar surface area (TPSA) is 0 Å². The fourth-order valence-corrected chi connectivity index (χ4v) is 5.63. The molecule has 0 bridgehead atoms. The lowest BCUT2D eigenvalue weighted by molar-refractivity contribution is -0.0539. The molecule has 120 valence electrons. The van der Waals surface area contributed by atoms with E-state index in [0.29, 0.717) is 10.8 Å². The lowest BCUT2D eigenvalue weighted by atomic mass is 9.47. The Balaban J connectivity index is 2.17. The fraction of sp³-hybridized carbons (Fsp3) is 0.810. The summed E-state index contributed by atoms with van der Waals surface area (Å²) in [4.78, 5) is 0. The number of rotatable bonds is 4. The first-order valence-electron chi connectivity index (χ1n) is 9.14. The van der Waals surface area contributed by atoms with E-state index in [1.807, 2.05) is 0 Å². The van der Waals surface area contributed by atoms with Crippen LogP contribution in [0.5, 0.6) is 0 Å². The minimum absolute atomic E-state index is 0.504. The molecule has 0 saturated heterocycles. The van der Waals surface area contributed by atoms with Crippen molar-refractivity contribution in [2.24, 2.45) is 22.7 Å². The van der Waals surface area contributed by atoms with Crippen LogP contribution in [0, 0.1) is 22.7 Å². The summed E-state index contributed by atoms with van der Waals surface area (Å²) in [7, 11) is 0. The van der Waals surface area contributed by atoms with Gasteiger partial charge in [-0.25, -0.2) is 0 Å². The molecule has 0 aromatic rings. The van der Waals surface area contributed by atoms with E-state index >= 15 is 0 Å². The second kappa shape index (κ2) is 6.31. The summed E-state index contributed by atoms with van der Waals surface area (Å²) in [5.41, 5.74) is 4.16. The molecule has 3 atom stereocenters. The third-order valence-corrected chi connectivity index (χ3v) is 6.70. The fourth-order valence-electron chi connectivity index (χ4n) is 5.63. The third kappa shape index (κ3) is 3.30. The van der Waals surface area contributed by atoms with Gasteiger partial charge in [0.25, 0.3) is 0 Å².